The minimum atomic E-state index is -0.0684. The molecule has 2 atom stereocenters. The van der Waals surface area contributed by atoms with Crippen molar-refractivity contribution in [2.24, 2.45) is 0 Å². The molecule has 0 radical (unpaired) electrons. The first-order valence-corrected chi connectivity index (χ1v) is 26.1. The standard InChI is InChI=1S/C63H66BN3S/c1-39-34-54-57-55(35-39)66(52-20-17-19-46-45-18-13-14-21-56(45)68-58(46)52)51-31-25-42(61(8,9)10)37-49(51)64(57)48-29-28-44(38-53(48)65(54)43-26-22-40(23-27-43)59(2,3)4)67-50-30-24-41(60(5,6)7)36-47(50)62(11)32-15-16-33-63(62,67)12/h13-14,17-31,34-38H,15-16,32-33H2,1-12H3. The molecule has 0 bridgehead atoms. The van der Waals surface area contributed by atoms with Crippen LogP contribution in [0.1, 0.15) is 130 Å². The lowest BCUT2D eigenvalue weighted by Crippen LogP contribution is -2.61. The van der Waals surface area contributed by atoms with E-state index in [0.29, 0.717) is 0 Å². The molecular formula is C63H66BN3S. The third kappa shape index (κ3) is 6.22. The molecule has 0 amide bonds. The van der Waals surface area contributed by atoms with Crippen LogP contribution in [0.5, 0.6) is 0 Å². The zero-order valence-electron chi connectivity index (χ0n) is 42.4. The maximum atomic E-state index is 2.78. The van der Waals surface area contributed by atoms with Crippen molar-refractivity contribution >= 4 is 100 Å². The molecule has 1 aromatic heterocycles. The van der Waals surface area contributed by atoms with Gasteiger partial charge in [-0.05, 0) is 148 Å². The van der Waals surface area contributed by atoms with Gasteiger partial charge in [0.05, 0.1) is 15.9 Å². The van der Waals surface area contributed by atoms with Crippen LogP contribution in [-0.4, -0.2) is 12.3 Å². The predicted molar refractivity (Wildman–Crippen MR) is 297 cm³/mol. The minimum Gasteiger partial charge on any atom is -0.334 e. The Kier molecular flexibility index (Phi) is 9.36. The van der Waals surface area contributed by atoms with Gasteiger partial charge < -0.3 is 14.7 Å². The van der Waals surface area contributed by atoms with Crippen LogP contribution in [0.15, 0.2) is 133 Å². The van der Waals surface area contributed by atoms with Gasteiger partial charge in [0, 0.05) is 60.7 Å². The maximum absolute atomic E-state index is 2.78. The second-order valence-corrected chi connectivity index (χ2v) is 25.3. The largest absolute Gasteiger partial charge is 0.334 e. The molecule has 8 aromatic rings. The highest BCUT2D eigenvalue weighted by Gasteiger charge is 2.58. The Morgan fingerprint density at radius 2 is 1.12 bits per heavy atom. The minimum absolute atomic E-state index is 0.0258. The Morgan fingerprint density at radius 1 is 0.500 bits per heavy atom. The van der Waals surface area contributed by atoms with Crippen molar-refractivity contribution in [2.75, 3.05) is 14.7 Å². The van der Waals surface area contributed by atoms with Crippen molar-refractivity contribution < 1.29 is 0 Å². The molecule has 7 aromatic carbocycles. The summed E-state index contributed by atoms with van der Waals surface area (Å²) in [6.07, 6.45) is 4.88. The molecule has 0 N–H and O–H groups in total. The smallest absolute Gasteiger partial charge is 0.252 e. The van der Waals surface area contributed by atoms with Gasteiger partial charge in [-0.2, -0.15) is 0 Å². The molecule has 0 spiro atoms. The molecule has 12 rings (SSSR count). The molecule has 2 unspecified atom stereocenters. The molecule has 1 saturated carbocycles. The number of thiophene rings is 1. The van der Waals surface area contributed by atoms with E-state index in [1.165, 1.54) is 129 Å². The van der Waals surface area contributed by atoms with E-state index < -0.39 is 0 Å². The van der Waals surface area contributed by atoms with Gasteiger partial charge in [0.25, 0.3) is 6.71 Å². The van der Waals surface area contributed by atoms with Crippen LogP contribution >= 0.6 is 11.3 Å². The fraction of sp³-hybridized carbons (Fsp3) is 0.333. The van der Waals surface area contributed by atoms with Crippen LogP contribution in [0.2, 0.25) is 0 Å². The number of hydrogen-bond donors (Lipinski definition) is 0. The van der Waals surface area contributed by atoms with E-state index >= 15 is 0 Å². The summed E-state index contributed by atoms with van der Waals surface area (Å²) >= 11 is 1.92. The molecule has 4 aliphatic rings. The first-order chi connectivity index (χ1) is 32.3. The van der Waals surface area contributed by atoms with Gasteiger partial charge in [0.1, 0.15) is 0 Å². The number of aryl methyl sites for hydroxylation is 1. The zero-order chi connectivity index (χ0) is 47.4. The number of nitrogens with zero attached hydrogens (tertiary/aromatic N) is 3. The normalized spacial score (nSPS) is 19.8. The predicted octanol–water partition coefficient (Wildman–Crippen LogP) is 16.1. The topological polar surface area (TPSA) is 9.72 Å². The summed E-state index contributed by atoms with van der Waals surface area (Å²) in [7, 11) is 0. The second-order valence-electron chi connectivity index (χ2n) is 24.3. The molecule has 1 aliphatic carbocycles. The summed E-state index contributed by atoms with van der Waals surface area (Å²) < 4.78 is 2.65. The lowest BCUT2D eigenvalue weighted by atomic mass is 9.33. The van der Waals surface area contributed by atoms with E-state index in [4.69, 9.17) is 0 Å². The highest BCUT2D eigenvalue weighted by atomic mass is 32.1. The number of fused-ring (bicyclic) bond motifs is 10. The van der Waals surface area contributed by atoms with Crippen LogP contribution in [0.4, 0.5) is 45.5 Å². The number of rotatable bonds is 3. The second kappa shape index (κ2) is 14.6. The molecule has 3 aliphatic heterocycles. The molecule has 68 heavy (non-hydrogen) atoms. The summed E-state index contributed by atoms with van der Waals surface area (Å²) in [5.74, 6) is 0. The van der Waals surface area contributed by atoms with E-state index in [0.717, 1.165) is 6.42 Å². The molecule has 5 heteroatoms. The van der Waals surface area contributed by atoms with Crippen molar-refractivity contribution in [2.45, 2.75) is 136 Å². The summed E-state index contributed by atoms with van der Waals surface area (Å²) in [5.41, 5.74) is 21.2. The Labute approximate surface area is 409 Å². The van der Waals surface area contributed by atoms with Crippen LogP contribution < -0.4 is 31.1 Å². The Hall–Kier alpha value is -5.78. The quantitative estimate of drug-likeness (QED) is 0.164. The fourth-order valence-corrected chi connectivity index (χ4v) is 14.1. The summed E-state index contributed by atoms with van der Waals surface area (Å²) in [6, 6.07) is 52.8. The van der Waals surface area contributed by atoms with Gasteiger partial charge in [0.2, 0.25) is 0 Å². The summed E-state index contributed by atoms with van der Waals surface area (Å²) in [4.78, 5) is 8.04. The average molecular weight is 908 g/mol. The summed E-state index contributed by atoms with van der Waals surface area (Å²) in [6.45, 7) is 28.6. The maximum Gasteiger partial charge on any atom is 0.252 e. The van der Waals surface area contributed by atoms with Gasteiger partial charge in [-0.3, -0.25) is 0 Å². The third-order valence-corrected chi connectivity index (χ3v) is 18.1. The van der Waals surface area contributed by atoms with Gasteiger partial charge >= 0.3 is 0 Å². The van der Waals surface area contributed by atoms with Crippen molar-refractivity contribution in [3.8, 4) is 0 Å². The van der Waals surface area contributed by atoms with Crippen molar-refractivity contribution in [3.05, 3.63) is 161 Å². The zero-order valence-corrected chi connectivity index (χ0v) is 43.2. The molecule has 1 fully saturated rings. The highest BCUT2D eigenvalue weighted by Crippen LogP contribution is 2.62. The van der Waals surface area contributed by atoms with Crippen molar-refractivity contribution in [3.63, 3.8) is 0 Å². The lowest BCUT2D eigenvalue weighted by Gasteiger charge is -2.50. The molecule has 4 heterocycles. The first-order valence-electron chi connectivity index (χ1n) is 25.3. The lowest BCUT2D eigenvalue weighted by molar-refractivity contribution is 0.195. The average Bonchev–Trinajstić information content (AvgIpc) is 3.77. The number of anilines is 8. The molecule has 0 saturated heterocycles. The fourth-order valence-electron chi connectivity index (χ4n) is 12.9. The monoisotopic (exact) mass is 908 g/mol. The van der Waals surface area contributed by atoms with Gasteiger partial charge in [-0.1, -0.05) is 155 Å². The molecule has 342 valence electrons. The molecular weight excluding hydrogens is 842 g/mol. The van der Waals surface area contributed by atoms with Gasteiger partial charge in [0.15, 0.2) is 0 Å². The van der Waals surface area contributed by atoms with Crippen molar-refractivity contribution in [1.29, 1.82) is 0 Å². The van der Waals surface area contributed by atoms with E-state index in [2.05, 4.69) is 231 Å². The van der Waals surface area contributed by atoms with Gasteiger partial charge in [-0.15, -0.1) is 11.3 Å². The Morgan fingerprint density at radius 3 is 1.84 bits per heavy atom. The Balaban J connectivity index is 1.14. The number of hydrogen-bond acceptors (Lipinski definition) is 4. The molecule has 3 nitrogen and oxygen atoms in total. The summed E-state index contributed by atoms with van der Waals surface area (Å²) in [5, 5.41) is 2.64. The van der Waals surface area contributed by atoms with Gasteiger partial charge in [-0.25, -0.2) is 0 Å². The number of benzene rings is 7. The van der Waals surface area contributed by atoms with E-state index in [9.17, 15) is 0 Å². The van der Waals surface area contributed by atoms with Crippen LogP contribution in [0, 0.1) is 6.92 Å². The van der Waals surface area contributed by atoms with Crippen LogP contribution in [0.3, 0.4) is 0 Å². The van der Waals surface area contributed by atoms with E-state index in [-0.39, 0.29) is 33.9 Å². The highest BCUT2D eigenvalue weighted by molar-refractivity contribution is 7.26. The van der Waals surface area contributed by atoms with Crippen molar-refractivity contribution in [1.82, 2.24) is 0 Å². The van der Waals surface area contributed by atoms with Crippen LogP contribution in [0.25, 0.3) is 20.2 Å². The van der Waals surface area contributed by atoms with E-state index in [1.807, 2.05) is 11.3 Å². The third-order valence-electron chi connectivity index (χ3n) is 16.9. The SMILES string of the molecule is Cc1cc2c3c(c1)N(c1cccc4c1sc1ccccc14)c1ccc(C(C)(C)C)cc1B3c1ccc(N3c4ccc(C(C)(C)C)cc4C4(C)CCCCC34C)cc1N2c1ccc(C(C)(C)C)cc1. The first kappa shape index (κ1) is 43.5. The van der Waals surface area contributed by atoms with E-state index in [1.54, 1.807) is 0 Å². The Bertz CT molecular complexity index is 3380. The van der Waals surface area contributed by atoms with Crippen LogP contribution in [-0.2, 0) is 21.7 Å².